The second-order valence-electron chi connectivity index (χ2n) is 8.43. The molecule has 1 heterocycles. The molecular formula is C29H26BrFN4O4. The molecule has 0 spiro atoms. The Labute approximate surface area is 232 Å². The van der Waals surface area contributed by atoms with E-state index >= 15 is 0 Å². The molecular weight excluding hydrogens is 567 g/mol. The number of ether oxygens (including phenoxy) is 2. The van der Waals surface area contributed by atoms with Gasteiger partial charge < -0.3 is 14.8 Å². The van der Waals surface area contributed by atoms with Crippen LogP contribution in [0.1, 0.15) is 23.9 Å². The van der Waals surface area contributed by atoms with Gasteiger partial charge in [0.25, 0.3) is 11.5 Å². The van der Waals surface area contributed by atoms with Crippen LogP contribution in [0.3, 0.4) is 0 Å². The maximum atomic E-state index is 13.9. The Bertz CT molecular complexity index is 1630. The number of rotatable bonds is 10. The minimum absolute atomic E-state index is 0.0631. The predicted octanol–water partition coefficient (Wildman–Crippen LogP) is 5.50. The van der Waals surface area contributed by atoms with E-state index in [1.165, 1.54) is 36.2 Å². The maximum Gasteiger partial charge on any atom is 0.282 e. The first-order valence-corrected chi connectivity index (χ1v) is 12.9. The van der Waals surface area contributed by atoms with Gasteiger partial charge in [0, 0.05) is 16.5 Å². The maximum absolute atomic E-state index is 13.9. The molecule has 10 heteroatoms. The summed E-state index contributed by atoms with van der Waals surface area (Å²) in [6, 6.07) is 14.7. The van der Waals surface area contributed by atoms with E-state index in [2.05, 4.69) is 37.9 Å². The smallest absolute Gasteiger partial charge is 0.282 e. The van der Waals surface area contributed by atoms with Crippen LogP contribution < -0.4 is 20.3 Å². The van der Waals surface area contributed by atoms with Crippen molar-refractivity contribution in [2.24, 2.45) is 5.10 Å². The molecule has 0 saturated carbocycles. The summed E-state index contributed by atoms with van der Waals surface area (Å²) in [7, 11) is 1.48. The zero-order valence-corrected chi connectivity index (χ0v) is 23.0. The van der Waals surface area contributed by atoms with Gasteiger partial charge in [-0.1, -0.05) is 41.1 Å². The van der Waals surface area contributed by atoms with Crippen LogP contribution in [0, 0.1) is 5.82 Å². The van der Waals surface area contributed by atoms with Crippen molar-refractivity contribution in [3.05, 3.63) is 105 Å². The fraction of sp³-hybridized carbons (Fsp3) is 0.172. The molecule has 0 bridgehead atoms. The molecule has 0 fully saturated rings. The van der Waals surface area contributed by atoms with E-state index in [4.69, 9.17) is 9.47 Å². The van der Waals surface area contributed by atoms with Gasteiger partial charge in [-0.15, -0.1) is 6.58 Å². The lowest BCUT2D eigenvalue weighted by atomic mass is 10.1. The summed E-state index contributed by atoms with van der Waals surface area (Å²) < 4.78 is 27.3. The first-order chi connectivity index (χ1) is 18.8. The van der Waals surface area contributed by atoms with Crippen LogP contribution >= 0.6 is 15.9 Å². The number of anilines is 1. The van der Waals surface area contributed by atoms with Gasteiger partial charge >= 0.3 is 0 Å². The zero-order chi connectivity index (χ0) is 27.9. The van der Waals surface area contributed by atoms with Gasteiger partial charge in [0.05, 0.1) is 29.9 Å². The van der Waals surface area contributed by atoms with E-state index < -0.39 is 11.7 Å². The third-order valence-electron chi connectivity index (χ3n) is 5.75. The Balaban J connectivity index is 1.63. The summed E-state index contributed by atoms with van der Waals surface area (Å²) in [5.41, 5.74) is 1.70. The number of halogens is 2. The number of hydrogen-bond donors (Lipinski definition) is 1. The molecule has 0 saturated heterocycles. The topological polar surface area (TPSA) is 94.8 Å². The second-order valence-corrected chi connectivity index (χ2v) is 9.34. The average Bonchev–Trinajstić information content (AvgIpc) is 2.93. The van der Waals surface area contributed by atoms with Gasteiger partial charge in [-0.2, -0.15) is 9.78 Å². The molecule has 4 rings (SSSR count). The molecule has 1 N–H and O–H groups in total. The average molecular weight is 593 g/mol. The number of methoxy groups -OCH3 is 1. The predicted molar refractivity (Wildman–Crippen MR) is 153 cm³/mol. The van der Waals surface area contributed by atoms with Crippen molar-refractivity contribution < 1.29 is 18.7 Å². The summed E-state index contributed by atoms with van der Waals surface area (Å²) in [6.07, 6.45) is 4.14. The van der Waals surface area contributed by atoms with Crippen molar-refractivity contribution in [3.8, 4) is 11.5 Å². The third kappa shape index (κ3) is 6.40. The van der Waals surface area contributed by atoms with E-state index in [0.29, 0.717) is 52.2 Å². The van der Waals surface area contributed by atoms with Gasteiger partial charge in [0.2, 0.25) is 0 Å². The third-order valence-corrected chi connectivity index (χ3v) is 6.24. The van der Waals surface area contributed by atoms with Gasteiger partial charge in [-0.05, 0) is 54.4 Å². The Morgan fingerprint density at radius 3 is 2.74 bits per heavy atom. The lowest BCUT2D eigenvalue weighted by molar-refractivity contribution is -0.118. The van der Waals surface area contributed by atoms with Crippen LogP contribution in [0.2, 0.25) is 0 Å². The Kier molecular flexibility index (Phi) is 8.88. The van der Waals surface area contributed by atoms with Crippen molar-refractivity contribution in [1.82, 2.24) is 9.66 Å². The molecule has 0 unspecified atom stereocenters. The van der Waals surface area contributed by atoms with Gasteiger partial charge in [0.15, 0.2) is 18.1 Å². The molecule has 0 atom stereocenters. The van der Waals surface area contributed by atoms with Crippen LogP contribution in [-0.2, 0) is 17.6 Å². The molecule has 1 amide bonds. The lowest BCUT2D eigenvalue weighted by Gasteiger charge is -2.16. The second kappa shape index (κ2) is 12.5. The van der Waals surface area contributed by atoms with Gasteiger partial charge in [-0.25, -0.2) is 9.37 Å². The van der Waals surface area contributed by atoms with Crippen molar-refractivity contribution in [3.63, 3.8) is 0 Å². The summed E-state index contributed by atoms with van der Waals surface area (Å²) in [5.74, 6) is 0.156. The first kappa shape index (κ1) is 27.7. The van der Waals surface area contributed by atoms with E-state index in [0.717, 1.165) is 4.47 Å². The van der Waals surface area contributed by atoms with E-state index in [9.17, 15) is 14.0 Å². The van der Waals surface area contributed by atoms with Crippen molar-refractivity contribution in [2.45, 2.75) is 19.8 Å². The first-order valence-electron chi connectivity index (χ1n) is 12.1. The van der Waals surface area contributed by atoms with Crippen molar-refractivity contribution in [2.75, 3.05) is 19.0 Å². The van der Waals surface area contributed by atoms with Crippen LogP contribution in [0.4, 0.5) is 10.1 Å². The van der Waals surface area contributed by atoms with E-state index in [1.54, 1.807) is 36.4 Å². The summed E-state index contributed by atoms with van der Waals surface area (Å²) in [4.78, 5) is 30.2. The number of nitrogens with one attached hydrogen (secondary N) is 1. The molecule has 4 aromatic rings. The molecule has 0 aliphatic heterocycles. The number of fused-ring (bicyclic) bond motifs is 1. The molecule has 3 aromatic carbocycles. The number of amides is 1. The SMILES string of the molecule is C=CCc1cc(C=Nn2c(CC)nc3ccc(Br)cc3c2=O)cc(OC)c1OCC(=O)Nc1ccccc1F. The molecule has 0 aliphatic rings. The van der Waals surface area contributed by atoms with Crippen LogP contribution in [0.5, 0.6) is 11.5 Å². The molecule has 0 aliphatic carbocycles. The Hall–Kier alpha value is -4.31. The van der Waals surface area contributed by atoms with E-state index in [1.807, 2.05) is 13.0 Å². The molecule has 0 radical (unpaired) electrons. The summed E-state index contributed by atoms with van der Waals surface area (Å²) >= 11 is 3.40. The largest absolute Gasteiger partial charge is 0.493 e. The molecule has 39 heavy (non-hydrogen) atoms. The zero-order valence-electron chi connectivity index (χ0n) is 21.4. The number of para-hydroxylation sites is 1. The molecule has 1 aromatic heterocycles. The van der Waals surface area contributed by atoms with Crippen LogP contribution in [0.25, 0.3) is 10.9 Å². The highest BCUT2D eigenvalue weighted by molar-refractivity contribution is 9.10. The monoisotopic (exact) mass is 592 g/mol. The number of allylic oxidation sites excluding steroid dienone is 1. The highest BCUT2D eigenvalue weighted by Gasteiger charge is 2.16. The highest BCUT2D eigenvalue weighted by Crippen LogP contribution is 2.33. The molecule has 200 valence electrons. The normalized spacial score (nSPS) is 11.1. The van der Waals surface area contributed by atoms with Crippen molar-refractivity contribution in [1.29, 1.82) is 0 Å². The fourth-order valence-electron chi connectivity index (χ4n) is 3.93. The fourth-order valence-corrected chi connectivity index (χ4v) is 4.30. The Morgan fingerprint density at radius 1 is 1.23 bits per heavy atom. The number of aromatic nitrogens is 2. The summed E-state index contributed by atoms with van der Waals surface area (Å²) in [6.45, 7) is 5.33. The summed E-state index contributed by atoms with van der Waals surface area (Å²) in [5, 5.41) is 7.38. The number of nitrogens with zero attached hydrogens (tertiary/aromatic N) is 3. The van der Waals surface area contributed by atoms with Gasteiger partial charge in [0.1, 0.15) is 11.6 Å². The van der Waals surface area contributed by atoms with Crippen molar-refractivity contribution >= 4 is 44.6 Å². The van der Waals surface area contributed by atoms with Gasteiger partial charge in [-0.3, -0.25) is 9.59 Å². The highest BCUT2D eigenvalue weighted by atomic mass is 79.9. The minimum Gasteiger partial charge on any atom is -0.493 e. The quantitative estimate of drug-likeness (QED) is 0.194. The van der Waals surface area contributed by atoms with Crippen LogP contribution in [0.15, 0.2) is 81.6 Å². The minimum atomic E-state index is -0.543. The standard InChI is InChI=1S/C29H26BrFN4O4/c1-4-8-19-13-18(16-32-35-26(5-2)33-23-12-11-20(30)15-21(23)29(35)37)14-25(38-3)28(19)39-17-27(36)34-24-10-7-6-9-22(24)31/h4,6-7,9-16H,1,5,8,17H2,2-3H3,(H,34,36). The van der Waals surface area contributed by atoms with Crippen LogP contribution in [-0.4, -0.2) is 35.5 Å². The number of carbonyl (C=O) groups excluding carboxylic acids is 1. The number of aryl methyl sites for hydroxylation is 1. The number of carbonyl (C=O) groups is 1. The molecule has 8 nitrogen and oxygen atoms in total. The number of benzene rings is 3. The van der Waals surface area contributed by atoms with E-state index in [-0.39, 0.29) is 17.9 Å². The Morgan fingerprint density at radius 2 is 2.03 bits per heavy atom. The lowest BCUT2D eigenvalue weighted by Crippen LogP contribution is -2.22. The number of hydrogen-bond acceptors (Lipinski definition) is 6.